The highest BCUT2D eigenvalue weighted by Crippen LogP contribution is 2.20. The molecule has 0 saturated heterocycles. The quantitative estimate of drug-likeness (QED) is 0.882. The Hall–Kier alpha value is -1.25. The van der Waals surface area contributed by atoms with Crippen molar-refractivity contribution in [2.45, 2.75) is 37.3 Å². The first-order valence-electron chi connectivity index (χ1n) is 6.27. The molecule has 0 aliphatic heterocycles. The van der Waals surface area contributed by atoms with Gasteiger partial charge in [0.1, 0.15) is 4.21 Å². The fraction of sp³-hybridized carbons (Fsp3) is 0.500. The minimum Gasteiger partial charge on any atom is -0.425 e. The lowest BCUT2D eigenvalue weighted by Crippen LogP contribution is -2.25. The highest BCUT2D eigenvalue weighted by Gasteiger charge is 2.16. The fourth-order valence-electron chi connectivity index (χ4n) is 1.52. The van der Waals surface area contributed by atoms with Crippen molar-refractivity contribution < 1.29 is 12.8 Å². The molecule has 2 aromatic rings. The zero-order valence-corrected chi connectivity index (χ0v) is 13.2. The van der Waals surface area contributed by atoms with E-state index in [0.717, 1.165) is 4.88 Å². The molecule has 20 heavy (non-hydrogen) atoms. The fourth-order valence-corrected chi connectivity index (χ4v) is 3.88. The van der Waals surface area contributed by atoms with Crippen molar-refractivity contribution in [1.29, 1.82) is 0 Å². The lowest BCUT2D eigenvalue weighted by molar-refractivity contribution is 0.431. The summed E-state index contributed by atoms with van der Waals surface area (Å²) in [7, 11) is -3.44. The second-order valence-corrected chi connectivity index (χ2v) is 7.98. The van der Waals surface area contributed by atoms with E-state index in [-0.39, 0.29) is 12.5 Å². The summed E-state index contributed by atoms with van der Waals surface area (Å²) in [5.74, 6) is 1.18. The molecule has 2 aromatic heterocycles. The van der Waals surface area contributed by atoms with E-state index in [1.807, 2.05) is 20.8 Å². The maximum atomic E-state index is 12.0. The summed E-state index contributed by atoms with van der Waals surface area (Å²) < 4.78 is 32.2. The van der Waals surface area contributed by atoms with E-state index in [1.165, 1.54) is 11.3 Å². The highest BCUT2D eigenvalue weighted by molar-refractivity contribution is 7.91. The molecule has 0 fully saturated rings. The Kier molecular flexibility index (Phi) is 4.56. The van der Waals surface area contributed by atoms with Gasteiger partial charge >= 0.3 is 0 Å². The van der Waals surface area contributed by atoms with Crippen LogP contribution < -0.4 is 4.72 Å². The Labute approximate surface area is 122 Å². The molecule has 110 valence electrons. The molecule has 2 heterocycles. The van der Waals surface area contributed by atoms with Crippen molar-refractivity contribution in [3.63, 3.8) is 0 Å². The van der Waals surface area contributed by atoms with Gasteiger partial charge in [0.05, 0.1) is 0 Å². The van der Waals surface area contributed by atoms with E-state index < -0.39 is 10.0 Å². The molecule has 8 heteroatoms. The lowest BCUT2D eigenvalue weighted by Gasteiger charge is -2.02. The van der Waals surface area contributed by atoms with Crippen LogP contribution in [0.15, 0.2) is 20.8 Å². The van der Waals surface area contributed by atoms with Gasteiger partial charge in [-0.1, -0.05) is 13.8 Å². The summed E-state index contributed by atoms with van der Waals surface area (Å²) in [6, 6.07) is 3.39. The number of sulfonamides is 1. The Morgan fingerprint density at radius 3 is 2.65 bits per heavy atom. The van der Waals surface area contributed by atoms with Gasteiger partial charge in [-0.25, -0.2) is 13.1 Å². The Balaban J connectivity index is 1.92. The molecule has 0 aliphatic rings. The molecular weight excluding hydrogens is 298 g/mol. The number of thiophene rings is 1. The van der Waals surface area contributed by atoms with Crippen molar-refractivity contribution >= 4 is 21.4 Å². The van der Waals surface area contributed by atoms with Crippen molar-refractivity contribution in [3.05, 3.63) is 28.8 Å². The third-order valence-electron chi connectivity index (χ3n) is 2.59. The van der Waals surface area contributed by atoms with E-state index in [4.69, 9.17) is 4.42 Å². The summed E-state index contributed by atoms with van der Waals surface area (Å²) >= 11 is 1.25. The van der Waals surface area contributed by atoms with Gasteiger partial charge in [-0.3, -0.25) is 0 Å². The van der Waals surface area contributed by atoms with Gasteiger partial charge in [-0.05, 0) is 19.1 Å². The largest absolute Gasteiger partial charge is 0.425 e. The molecule has 2 rings (SSSR count). The molecule has 0 radical (unpaired) electrons. The van der Waals surface area contributed by atoms with Crippen molar-refractivity contribution in [2.24, 2.45) is 0 Å². The molecule has 6 nitrogen and oxygen atoms in total. The van der Waals surface area contributed by atoms with Crippen LogP contribution in [0.1, 0.15) is 36.4 Å². The topological polar surface area (TPSA) is 85.1 Å². The maximum Gasteiger partial charge on any atom is 0.250 e. The van der Waals surface area contributed by atoms with Crippen LogP contribution in [0, 0.1) is 6.92 Å². The average Bonchev–Trinajstić information content (AvgIpc) is 2.98. The number of hydrogen-bond acceptors (Lipinski definition) is 6. The van der Waals surface area contributed by atoms with Gasteiger partial charge in [0.15, 0.2) is 0 Å². The number of aromatic nitrogens is 2. The summed E-state index contributed by atoms with van der Waals surface area (Å²) in [6.45, 7) is 6.02. The van der Waals surface area contributed by atoms with Crippen LogP contribution >= 0.6 is 11.3 Å². The van der Waals surface area contributed by atoms with Gasteiger partial charge in [0.25, 0.3) is 0 Å². The van der Waals surface area contributed by atoms with Crippen LogP contribution in [0.3, 0.4) is 0 Å². The molecule has 0 bridgehead atoms. The van der Waals surface area contributed by atoms with Gasteiger partial charge in [-0.2, -0.15) is 0 Å². The number of aryl methyl sites for hydroxylation is 1. The van der Waals surface area contributed by atoms with Gasteiger partial charge in [0, 0.05) is 23.8 Å². The standard InChI is InChI=1S/C12H17N3O3S2/c1-8(2)12-15-14-10(18-12)6-7-13-20(16,17)11-5-4-9(3)19-11/h4-5,8,13H,6-7H2,1-3H3. The molecule has 0 aliphatic carbocycles. The Morgan fingerprint density at radius 1 is 1.35 bits per heavy atom. The Morgan fingerprint density at radius 2 is 2.10 bits per heavy atom. The van der Waals surface area contributed by atoms with E-state index in [9.17, 15) is 8.42 Å². The zero-order chi connectivity index (χ0) is 14.8. The van der Waals surface area contributed by atoms with Gasteiger partial charge in [0.2, 0.25) is 21.8 Å². The van der Waals surface area contributed by atoms with Gasteiger partial charge in [-0.15, -0.1) is 21.5 Å². The Bertz CT molecular complexity index is 674. The molecule has 0 spiro atoms. The predicted molar refractivity (Wildman–Crippen MR) is 76.3 cm³/mol. The third-order valence-corrected chi connectivity index (χ3v) is 5.54. The summed E-state index contributed by atoms with van der Waals surface area (Å²) in [6.07, 6.45) is 0.378. The van der Waals surface area contributed by atoms with Crippen LogP contribution in [0.2, 0.25) is 0 Å². The van der Waals surface area contributed by atoms with Crippen molar-refractivity contribution in [1.82, 2.24) is 14.9 Å². The number of nitrogens with zero attached hydrogens (tertiary/aromatic N) is 2. The van der Waals surface area contributed by atoms with E-state index in [1.54, 1.807) is 12.1 Å². The SMILES string of the molecule is Cc1ccc(S(=O)(=O)NCCc2nnc(C(C)C)o2)s1. The second kappa shape index (κ2) is 6.02. The molecule has 1 N–H and O–H groups in total. The minimum atomic E-state index is -3.44. The van der Waals surface area contributed by atoms with Crippen molar-refractivity contribution in [2.75, 3.05) is 6.54 Å². The molecule has 0 amide bonds. The zero-order valence-electron chi connectivity index (χ0n) is 11.6. The van der Waals surface area contributed by atoms with Crippen LogP contribution in [0.5, 0.6) is 0 Å². The maximum absolute atomic E-state index is 12.0. The van der Waals surface area contributed by atoms with Crippen LogP contribution in [-0.4, -0.2) is 25.2 Å². The smallest absolute Gasteiger partial charge is 0.250 e. The molecular formula is C12H17N3O3S2. The molecule has 0 atom stereocenters. The number of rotatable bonds is 6. The number of nitrogens with one attached hydrogen (secondary N) is 1. The first-order valence-corrected chi connectivity index (χ1v) is 8.57. The van der Waals surface area contributed by atoms with Crippen LogP contribution in [0.4, 0.5) is 0 Å². The van der Waals surface area contributed by atoms with E-state index in [2.05, 4.69) is 14.9 Å². The van der Waals surface area contributed by atoms with E-state index >= 15 is 0 Å². The lowest BCUT2D eigenvalue weighted by atomic mass is 10.2. The summed E-state index contributed by atoms with van der Waals surface area (Å²) in [4.78, 5) is 0.962. The summed E-state index contributed by atoms with van der Waals surface area (Å²) in [5.41, 5.74) is 0. The predicted octanol–water partition coefficient (Wildman–Crippen LogP) is 2.08. The second-order valence-electron chi connectivity index (χ2n) is 4.70. The monoisotopic (exact) mass is 315 g/mol. The third kappa shape index (κ3) is 3.65. The minimum absolute atomic E-state index is 0.169. The summed E-state index contributed by atoms with van der Waals surface area (Å²) in [5, 5.41) is 7.79. The van der Waals surface area contributed by atoms with E-state index in [0.29, 0.717) is 22.4 Å². The highest BCUT2D eigenvalue weighted by atomic mass is 32.2. The first-order chi connectivity index (χ1) is 9.38. The molecule has 0 unspecified atom stereocenters. The van der Waals surface area contributed by atoms with Crippen LogP contribution in [-0.2, 0) is 16.4 Å². The van der Waals surface area contributed by atoms with Crippen LogP contribution in [0.25, 0.3) is 0 Å². The van der Waals surface area contributed by atoms with Gasteiger partial charge < -0.3 is 4.42 Å². The number of hydrogen-bond donors (Lipinski definition) is 1. The normalized spacial score (nSPS) is 12.2. The molecule has 0 saturated carbocycles. The molecule has 0 aromatic carbocycles. The average molecular weight is 315 g/mol. The van der Waals surface area contributed by atoms with Crippen molar-refractivity contribution in [3.8, 4) is 0 Å². The first kappa shape index (κ1) is 15.1.